The average Bonchev–Trinajstić information content (AvgIpc) is 2.41. The first-order valence-corrected chi connectivity index (χ1v) is 7.51. The maximum absolute atomic E-state index is 11.0. The molecule has 2 N–H and O–H groups in total. The Hall–Kier alpha value is -1.78. The molecule has 0 aliphatic rings. The summed E-state index contributed by atoms with van der Waals surface area (Å²) in [6.45, 7) is 12.4. The van der Waals surface area contributed by atoms with Crippen LogP contribution in [0, 0.1) is 21.4 Å². The van der Waals surface area contributed by atoms with Crippen LogP contribution in [0.3, 0.4) is 0 Å². The molecule has 0 fully saturated rings. The van der Waals surface area contributed by atoms with E-state index in [4.69, 9.17) is 0 Å². The summed E-state index contributed by atoms with van der Waals surface area (Å²) in [5, 5.41) is 17.5. The van der Waals surface area contributed by atoms with Crippen molar-refractivity contribution in [3.63, 3.8) is 0 Å². The maximum Gasteiger partial charge on any atom is 0.273 e. The summed E-state index contributed by atoms with van der Waals surface area (Å²) < 4.78 is 0. The number of non-ortho nitro benzene ring substituents is 1. The molecule has 0 spiro atoms. The van der Waals surface area contributed by atoms with Gasteiger partial charge in [-0.25, -0.2) is 0 Å². The molecular formula is C16H27N3O2. The number of nitro benzene ring substituents is 1. The van der Waals surface area contributed by atoms with Gasteiger partial charge in [-0.3, -0.25) is 10.1 Å². The molecule has 1 atom stereocenters. The second-order valence-corrected chi connectivity index (χ2v) is 6.60. The summed E-state index contributed by atoms with van der Waals surface area (Å²) in [6, 6.07) is 5.10. The summed E-state index contributed by atoms with van der Waals surface area (Å²) >= 11 is 0. The fourth-order valence-corrected chi connectivity index (χ4v) is 1.77. The number of nitrogens with zero attached hydrogens (tertiary/aromatic N) is 1. The predicted molar refractivity (Wildman–Crippen MR) is 89.0 cm³/mol. The van der Waals surface area contributed by atoms with Gasteiger partial charge in [-0.15, -0.1) is 0 Å². The van der Waals surface area contributed by atoms with Crippen LogP contribution in [0.4, 0.5) is 17.1 Å². The SMILES string of the molecule is CCCNc1cc(NCC(C)C(C)(C)C)cc([N+](=O)[O-])c1. The van der Waals surface area contributed by atoms with Gasteiger partial charge < -0.3 is 10.6 Å². The Kier molecular flexibility index (Phi) is 6.00. The highest BCUT2D eigenvalue weighted by Crippen LogP contribution is 2.28. The molecule has 1 aromatic rings. The summed E-state index contributed by atoms with van der Waals surface area (Å²) in [7, 11) is 0. The average molecular weight is 293 g/mol. The van der Waals surface area contributed by atoms with Crippen LogP contribution in [0.2, 0.25) is 0 Å². The number of nitro groups is 1. The zero-order valence-electron chi connectivity index (χ0n) is 13.7. The highest BCUT2D eigenvalue weighted by atomic mass is 16.6. The van der Waals surface area contributed by atoms with E-state index >= 15 is 0 Å². The lowest BCUT2D eigenvalue weighted by Gasteiger charge is -2.27. The zero-order chi connectivity index (χ0) is 16.0. The number of hydrogen-bond acceptors (Lipinski definition) is 4. The van der Waals surface area contributed by atoms with E-state index in [-0.39, 0.29) is 16.0 Å². The molecule has 0 saturated carbocycles. The molecule has 118 valence electrons. The number of rotatable bonds is 7. The minimum Gasteiger partial charge on any atom is -0.385 e. The first-order valence-electron chi connectivity index (χ1n) is 7.51. The topological polar surface area (TPSA) is 67.2 Å². The Balaban J connectivity index is 2.85. The minimum atomic E-state index is -0.352. The van der Waals surface area contributed by atoms with Gasteiger partial charge in [0.2, 0.25) is 0 Å². The van der Waals surface area contributed by atoms with Crippen LogP contribution in [0.25, 0.3) is 0 Å². The minimum absolute atomic E-state index is 0.113. The molecule has 0 aliphatic heterocycles. The van der Waals surface area contributed by atoms with E-state index in [0.29, 0.717) is 5.92 Å². The summed E-state index contributed by atoms with van der Waals surface area (Å²) in [4.78, 5) is 10.7. The number of nitrogens with one attached hydrogen (secondary N) is 2. The molecule has 5 heteroatoms. The van der Waals surface area contributed by atoms with Gasteiger partial charge in [0.05, 0.1) is 4.92 Å². The van der Waals surface area contributed by atoms with E-state index in [9.17, 15) is 10.1 Å². The normalized spacial score (nSPS) is 12.8. The van der Waals surface area contributed by atoms with Crippen molar-refractivity contribution in [2.24, 2.45) is 11.3 Å². The van der Waals surface area contributed by atoms with Crippen LogP contribution in [0.1, 0.15) is 41.0 Å². The molecule has 5 nitrogen and oxygen atoms in total. The standard InChI is InChI=1S/C16H27N3O2/c1-6-7-17-13-8-14(10-15(9-13)19(20)21)18-11-12(2)16(3,4)5/h8-10,12,17-18H,6-7,11H2,1-5H3. The highest BCUT2D eigenvalue weighted by molar-refractivity contribution is 5.63. The van der Waals surface area contributed by atoms with Gasteiger partial charge in [-0.2, -0.15) is 0 Å². The first kappa shape index (κ1) is 17.3. The van der Waals surface area contributed by atoms with E-state index in [0.717, 1.165) is 30.9 Å². The quantitative estimate of drug-likeness (QED) is 0.573. The third kappa shape index (κ3) is 5.61. The summed E-state index contributed by atoms with van der Waals surface area (Å²) in [5.41, 5.74) is 1.90. The largest absolute Gasteiger partial charge is 0.385 e. The summed E-state index contributed by atoms with van der Waals surface area (Å²) in [6.07, 6.45) is 0.979. The van der Waals surface area contributed by atoms with Crippen LogP contribution in [0.5, 0.6) is 0 Å². The van der Waals surface area contributed by atoms with Crippen molar-refractivity contribution in [1.29, 1.82) is 0 Å². The smallest absolute Gasteiger partial charge is 0.273 e. The molecule has 0 aliphatic carbocycles. The third-order valence-electron chi connectivity index (χ3n) is 3.80. The van der Waals surface area contributed by atoms with Crippen molar-refractivity contribution in [2.45, 2.75) is 41.0 Å². The van der Waals surface area contributed by atoms with E-state index in [1.54, 1.807) is 12.1 Å². The van der Waals surface area contributed by atoms with Gasteiger partial charge in [0.1, 0.15) is 0 Å². The van der Waals surface area contributed by atoms with Gasteiger partial charge in [-0.1, -0.05) is 34.6 Å². The summed E-state index contributed by atoms with van der Waals surface area (Å²) in [5.74, 6) is 0.462. The molecule has 21 heavy (non-hydrogen) atoms. The molecule has 0 amide bonds. The second kappa shape index (κ2) is 7.29. The highest BCUT2D eigenvalue weighted by Gasteiger charge is 2.20. The Bertz CT molecular complexity index is 481. The molecule has 0 radical (unpaired) electrons. The number of benzene rings is 1. The van der Waals surface area contributed by atoms with Crippen LogP contribution >= 0.6 is 0 Å². The number of hydrogen-bond donors (Lipinski definition) is 2. The van der Waals surface area contributed by atoms with E-state index < -0.39 is 0 Å². The second-order valence-electron chi connectivity index (χ2n) is 6.60. The Morgan fingerprint density at radius 2 is 1.76 bits per heavy atom. The maximum atomic E-state index is 11.0. The molecule has 1 aromatic carbocycles. The van der Waals surface area contributed by atoms with Crippen LogP contribution in [-0.2, 0) is 0 Å². The lowest BCUT2D eigenvalue weighted by molar-refractivity contribution is -0.384. The lowest BCUT2D eigenvalue weighted by Crippen LogP contribution is -2.24. The molecule has 1 unspecified atom stereocenters. The van der Waals surface area contributed by atoms with Gasteiger partial charge in [-0.05, 0) is 23.8 Å². The van der Waals surface area contributed by atoms with Crippen molar-refractivity contribution in [3.8, 4) is 0 Å². The van der Waals surface area contributed by atoms with E-state index in [1.807, 2.05) is 6.07 Å². The van der Waals surface area contributed by atoms with Crippen LogP contribution in [0.15, 0.2) is 18.2 Å². The number of anilines is 2. The van der Waals surface area contributed by atoms with Crippen LogP contribution < -0.4 is 10.6 Å². The fraction of sp³-hybridized carbons (Fsp3) is 0.625. The predicted octanol–water partition coefficient (Wildman–Crippen LogP) is 4.51. The Morgan fingerprint density at radius 1 is 1.19 bits per heavy atom. The molecule has 0 saturated heterocycles. The van der Waals surface area contributed by atoms with E-state index in [1.165, 1.54) is 0 Å². The Labute approximate surface area is 127 Å². The van der Waals surface area contributed by atoms with Crippen molar-refractivity contribution < 1.29 is 4.92 Å². The van der Waals surface area contributed by atoms with Gasteiger partial charge in [0.15, 0.2) is 0 Å². The van der Waals surface area contributed by atoms with Crippen molar-refractivity contribution >= 4 is 17.1 Å². The van der Waals surface area contributed by atoms with Gasteiger partial charge in [0, 0.05) is 36.6 Å². The molecule has 0 aromatic heterocycles. The van der Waals surface area contributed by atoms with E-state index in [2.05, 4.69) is 45.3 Å². The fourth-order valence-electron chi connectivity index (χ4n) is 1.77. The van der Waals surface area contributed by atoms with Gasteiger partial charge in [0.25, 0.3) is 5.69 Å². The zero-order valence-corrected chi connectivity index (χ0v) is 13.7. The van der Waals surface area contributed by atoms with Crippen molar-refractivity contribution in [3.05, 3.63) is 28.3 Å². The third-order valence-corrected chi connectivity index (χ3v) is 3.80. The lowest BCUT2D eigenvalue weighted by atomic mass is 9.82. The molecule has 0 bridgehead atoms. The Morgan fingerprint density at radius 3 is 2.24 bits per heavy atom. The molecule has 1 rings (SSSR count). The first-order chi connectivity index (χ1) is 9.74. The monoisotopic (exact) mass is 293 g/mol. The molecule has 0 heterocycles. The van der Waals surface area contributed by atoms with Gasteiger partial charge >= 0.3 is 0 Å². The van der Waals surface area contributed by atoms with Crippen LogP contribution in [-0.4, -0.2) is 18.0 Å². The van der Waals surface area contributed by atoms with Crippen molar-refractivity contribution in [2.75, 3.05) is 23.7 Å². The van der Waals surface area contributed by atoms with Crippen molar-refractivity contribution in [1.82, 2.24) is 0 Å². The molecular weight excluding hydrogens is 266 g/mol.